The molecule has 6 rings (SSSR count). The molecule has 19 N–H and O–H groups in total. The van der Waals surface area contributed by atoms with Crippen molar-refractivity contribution in [3.63, 3.8) is 0 Å². The number of hydrogen-bond donors (Lipinski definition) is 17. The van der Waals surface area contributed by atoms with Crippen molar-refractivity contribution < 1.29 is 75.8 Å². The van der Waals surface area contributed by atoms with Crippen LogP contribution in [0.2, 0.25) is 1.41 Å². The van der Waals surface area contributed by atoms with Crippen LogP contribution in [0.5, 0.6) is 5.75 Å². The van der Waals surface area contributed by atoms with Crippen molar-refractivity contribution in [2.75, 3.05) is 32.8 Å². The first-order chi connectivity index (χ1) is 32.8. The molecule has 68 heavy (non-hydrogen) atoms. The Balaban J connectivity index is 1.40. The number of nitrogens with zero attached hydrogens (tertiary/aromatic N) is 3. The molecule has 27 nitrogen and oxygen atoms in total. The maximum Gasteiger partial charge on any atom is 0.246 e. The molecule has 4 aliphatic heterocycles. The van der Waals surface area contributed by atoms with E-state index in [1.54, 1.807) is 0 Å². The van der Waals surface area contributed by atoms with Gasteiger partial charge in [0.2, 0.25) is 35.4 Å². The Morgan fingerprint density at radius 2 is 1.37 bits per heavy atom. The zero-order chi connectivity index (χ0) is 50.3. The van der Waals surface area contributed by atoms with E-state index in [9.17, 15) is 69.6 Å². The number of rotatable bonds is 11. The van der Waals surface area contributed by atoms with E-state index in [-0.39, 0.29) is 37.0 Å². The summed E-state index contributed by atoms with van der Waals surface area (Å²) < 4.78 is 14.5. The van der Waals surface area contributed by atoms with E-state index in [1.165, 1.54) is 24.3 Å². The number of phenols is 1. The lowest BCUT2D eigenvalue weighted by Crippen LogP contribution is -2.70. The van der Waals surface area contributed by atoms with Crippen molar-refractivity contribution in [3.8, 4) is 5.75 Å². The quantitative estimate of drug-likeness (QED) is 0.0979. The van der Waals surface area contributed by atoms with Gasteiger partial charge in [0, 0.05) is 6.42 Å². The second-order valence-electron chi connectivity index (χ2n) is 17.5. The van der Waals surface area contributed by atoms with E-state index < -0.39 is 153 Å². The normalized spacial score (nSPS) is 34.1. The standard InChI is InChI=1S/C41H62N12O15/c42-40-45-12-22(50-40)29(58)27-38(67)52-28(30(59)24-13-46-41(43)53(24)39-33(62)32(61)31(60)25(16-55)68-39)37(66)49-23(15-54)34(63)44-14-26(57)47-20(10-17-4-2-1-3-5-17)35(64)48-21(36(65)51-27)11-18-6-8-19(56)9-7-18/h6-9,17,20-25,27-33,39,54-56,58-62H,1-5,10-16H2,(H2,43,46)(H,44,63)(H,47,57)(H,48,64)(H,49,66)(H,51,65)(H,52,67)(H3,42,45,50)/t20-,21-,22?,23-,24?,25+,27-,28+,29?,30?,31+,32-,33-,39-/m0/s1/i/hD. The third-order valence-electron chi connectivity index (χ3n) is 12.8. The van der Waals surface area contributed by atoms with Crippen LogP contribution < -0.4 is 48.7 Å². The molecule has 376 valence electrons. The zero-order valence-corrected chi connectivity index (χ0v) is 36.8. The van der Waals surface area contributed by atoms with Crippen molar-refractivity contribution in [1.82, 2.24) is 42.1 Å². The van der Waals surface area contributed by atoms with Crippen LogP contribution in [0, 0.1) is 5.92 Å². The highest BCUT2D eigenvalue weighted by Crippen LogP contribution is 2.30. The summed E-state index contributed by atoms with van der Waals surface area (Å²) >= 11 is 0. The molecule has 4 heterocycles. The van der Waals surface area contributed by atoms with Crippen LogP contribution in [-0.4, -0.2) is 211 Å². The van der Waals surface area contributed by atoms with Gasteiger partial charge in [-0.2, -0.15) is 0 Å². The molecule has 4 unspecified atom stereocenters. The summed E-state index contributed by atoms with van der Waals surface area (Å²) in [5, 5.41) is 101. The topological polar surface area (TPSA) is 438 Å². The molecule has 0 bridgehead atoms. The molecule has 1 aromatic rings. The predicted octanol–water partition coefficient (Wildman–Crippen LogP) is -8.74. The number of nitrogens with two attached hydrogens (primary N) is 2. The number of hydrogen-bond acceptors (Lipinski definition) is 21. The van der Waals surface area contributed by atoms with Crippen LogP contribution >= 0.6 is 0 Å². The van der Waals surface area contributed by atoms with Crippen LogP contribution in [-0.2, 0) is 39.9 Å². The monoisotopic (exact) mass is 963 g/mol. The highest BCUT2D eigenvalue weighted by molar-refractivity contribution is 5.98. The first-order valence-corrected chi connectivity index (χ1v) is 22.3. The summed E-state index contributed by atoms with van der Waals surface area (Å²) in [7, 11) is 0. The number of guanidine groups is 2. The van der Waals surface area contributed by atoms with Gasteiger partial charge >= 0.3 is 0 Å². The van der Waals surface area contributed by atoms with Gasteiger partial charge in [0.05, 0.1) is 44.9 Å². The number of amides is 6. The summed E-state index contributed by atoms with van der Waals surface area (Å²) in [4.78, 5) is 94.1. The predicted molar refractivity (Wildman–Crippen MR) is 234 cm³/mol. The lowest BCUT2D eigenvalue weighted by atomic mass is 9.84. The molecule has 1 aromatic carbocycles. The maximum absolute atomic E-state index is 14.7. The molecule has 2 saturated heterocycles. The van der Waals surface area contributed by atoms with Crippen molar-refractivity contribution in [3.05, 3.63) is 29.8 Å². The first-order valence-electron chi connectivity index (χ1n) is 22.8. The fourth-order valence-corrected chi connectivity index (χ4v) is 8.93. The fraction of sp³-hybridized carbons (Fsp3) is 0.659. The smallest absolute Gasteiger partial charge is 0.246 e. The van der Waals surface area contributed by atoms with E-state index >= 15 is 0 Å². The Labute approximate surface area is 390 Å². The summed E-state index contributed by atoms with van der Waals surface area (Å²) in [6.07, 6.45) is -9.52. The zero-order valence-electron chi connectivity index (χ0n) is 37.8. The van der Waals surface area contributed by atoms with Gasteiger partial charge in [-0.1, -0.05) is 44.2 Å². The number of carbonyl (C=O) groups is 6. The van der Waals surface area contributed by atoms with Gasteiger partial charge in [-0.25, -0.2) is 0 Å². The van der Waals surface area contributed by atoms with Crippen LogP contribution in [0.25, 0.3) is 0 Å². The van der Waals surface area contributed by atoms with Gasteiger partial charge in [-0.05, 0) is 30.0 Å². The lowest BCUT2D eigenvalue weighted by Gasteiger charge is -2.46. The molecule has 14 atom stereocenters. The lowest BCUT2D eigenvalue weighted by molar-refractivity contribution is -0.260. The van der Waals surface area contributed by atoms with Gasteiger partial charge in [-0.15, -0.1) is 0 Å². The average Bonchev–Trinajstić information content (AvgIpc) is 3.96. The molecular weight excluding hydrogens is 901 g/mol. The summed E-state index contributed by atoms with van der Waals surface area (Å²) in [6, 6.07) is -6.65. The van der Waals surface area contributed by atoms with E-state index in [2.05, 4.69) is 41.9 Å². The molecule has 3 fully saturated rings. The van der Waals surface area contributed by atoms with Crippen LogP contribution in [0.15, 0.2) is 34.3 Å². The molecule has 1 aliphatic carbocycles. The molecule has 1 saturated carbocycles. The van der Waals surface area contributed by atoms with Crippen LogP contribution in [0.3, 0.4) is 0 Å². The minimum Gasteiger partial charge on any atom is -0.508 e. The molecule has 6 amide bonds. The highest BCUT2D eigenvalue weighted by atomic mass is 16.6. The summed E-state index contributed by atoms with van der Waals surface area (Å²) in [6.45, 7) is -3.64. The highest BCUT2D eigenvalue weighted by Gasteiger charge is 2.52. The van der Waals surface area contributed by atoms with E-state index in [0.29, 0.717) is 23.7 Å². The minimum absolute atomic E-state index is 0.00832. The van der Waals surface area contributed by atoms with Crippen molar-refractivity contribution in [2.45, 2.75) is 130 Å². The third-order valence-corrected chi connectivity index (χ3v) is 12.8. The number of benzene rings is 1. The Hall–Kier alpha value is -5.94. The Morgan fingerprint density at radius 3 is 2.01 bits per heavy atom. The molecule has 0 spiro atoms. The van der Waals surface area contributed by atoms with Crippen molar-refractivity contribution in [2.24, 2.45) is 27.4 Å². The van der Waals surface area contributed by atoms with Gasteiger partial charge in [-0.3, -0.25) is 38.8 Å². The number of aliphatic hydroxyl groups is 7. The average molecular weight is 964 g/mol. The molecule has 0 radical (unpaired) electrons. The number of carbonyl (C=O) groups excluding carboxylic acids is 6. The number of aliphatic hydroxyl groups excluding tert-OH is 7. The number of phenolic OH excluding ortho intramolecular Hbond substituents is 1. The second-order valence-corrected chi connectivity index (χ2v) is 17.5. The van der Waals surface area contributed by atoms with Gasteiger partial charge in [0.1, 0.15) is 72.6 Å². The third kappa shape index (κ3) is 12.2. The fourth-order valence-electron chi connectivity index (χ4n) is 8.93. The largest absolute Gasteiger partial charge is 0.508 e. The molecule has 27 heteroatoms. The van der Waals surface area contributed by atoms with E-state index in [4.69, 9.17) is 17.6 Å². The van der Waals surface area contributed by atoms with Gasteiger partial charge < -0.3 is 99.2 Å². The molecule has 5 aliphatic rings. The van der Waals surface area contributed by atoms with Gasteiger partial charge in [0.25, 0.3) is 0 Å². The summed E-state index contributed by atoms with van der Waals surface area (Å²) in [5.41, 5.74) is 12.4. The molecule has 0 aromatic heterocycles. The Kier molecular flexibility index (Phi) is 16.8. The Morgan fingerprint density at radius 1 is 0.735 bits per heavy atom. The number of aliphatic imine (C=N–C) groups is 2. The summed E-state index contributed by atoms with van der Waals surface area (Å²) in [5.74, 6) is -7.93. The second kappa shape index (κ2) is 22.9. The minimum atomic E-state index is -2.26. The van der Waals surface area contributed by atoms with E-state index in [0.717, 1.165) is 24.2 Å². The SMILES string of the molecule is [2H]N1C(=O)CNC(=O)[C@H](CO)NC(=O)[C@@H](C(O)C2CN=C(N)N2[C@H]2O[C@H](CO)[C@@H](O)[C@H](O)[C@@H]2O)NC(=O)[C@H](C(O)C2CN=C(N)N2)NC(=O)[C@H](Cc2ccc(O)cc2)NC(=O)[C@@H]1CC1CCCCC1. The number of aromatic hydroxyl groups is 1. The van der Waals surface area contributed by atoms with Gasteiger partial charge in [0.15, 0.2) is 19.6 Å². The van der Waals surface area contributed by atoms with E-state index in [1.807, 2.05) is 0 Å². The van der Waals surface area contributed by atoms with Crippen LogP contribution in [0.1, 0.15) is 44.1 Å². The van der Waals surface area contributed by atoms with Crippen molar-refractivity contribution >= 4 is 47.4 Å². The molecular formula is C41H62N12O15. The Bertz CT molecular complexity index is 2080. The van der Waals surface area contributed by atoms with Crippen molar-refractivity contribution in [1.29, 1.82) is 0 Å². The number of ether oxygens (including phenoxy) is 1. The first kappa shape index (κ1) is 50.0. The maximum atomic E-state index is 14.7. The number of nitrogens with one attached hydrogen (secondary N) is 7. The van der Waals surface area contributed by atoms with Crippen LogP contribution in [0.4, 0.5) is 0 Å².